The summed E-state index contributed by atoms with van der Waals surface area (Å²) in [7, 11) is 0. The van der Waals surface area contributed by atoms with E-state index >= 15 is 0 Å². The number of ether oxygens (including phenoxy) is 1. The minimum Gasteiger partial charge on any atom is -0.456 e. The van der Waals surface area contributed by atoms with E-state index in [0.29, 0.717) is 0 Å². The molecule has 1 aliphatic heterocycles. The van der Waals surface area contributed by atoms with Crippen molar-refractivity contribution in [3.8, 4) is 44.9 Å². The van der Waals surface area contributed by atoms with E-state index in [2.05, 4.69) is 170 Å². The molecule has 45 heavy (non-hydrogen) atoms. The molecular formula is C43H31NO. The minimum absolute atomic E-state index is 0.0830. The third-order valence-electron chi connectivity index (χ3n) is 9.66. The molecule has 0 fully saturated rings. The topological polar surface area (TPSA) is 12.5 Å². The highest BCUT2D eigenvalue weighted by Crippen LogP contribution is 2.56. The first-order valence-electron chi connectivity index (χ1n) is 15.6. The van der Waals surface area contributed by atoms with Gasteiger partial charge in [0.15, 0.2) is 0 Å². The molecular weight excluding hydrogens is 546 g/mol. The molecule has 2 aliphatic rings. The van der Waals surface area contributed by atoms with Crippen molar-refractivity contribution in [1.82, 2.24) is 0 Å². The fourth-order valence-electron chi connectivity index (χ4n) is 7.53. The molecule has 0 amide bonds. The summed E-state index contributed by atoms with van der Waals surface area (Å²) < 4.78 is 6.69. The second-order valence-electron chi connectivity index (χ2n) is 12.5. The van der Waals surface area contributed by atoms with Crippen molar-refractivity contribution in [2.24, 2.45) is 0 Å². The lowest BCUT2D eigenvalue weighted by Gasteiger charge is -2.31. The lowest BCUT2D eigenvalue weighted by atomic mass is 9.82. The van der Waals surface area contributed by atoms with Gasteiger partial charge in [0.05, 0.1) is 11.4 Å². The maximum atomic E-state index is 6.69. The molecule has 2 heteroatoms. The van der Waals surface area contributed by atoms with Gasteiger partial charge in [-0.2, -0.15) is 0 Å². The Labute approximate surface area is 263 Å². The van der Waals surface area contributed by atoms with E-state index in [0.717, 1.165) is 44.8 Å². The van der Waals surface area contributed by atoms with Crippen LogP contribution in [-0.4, -0.2) is 0 Å². The highest BCUT2D eigenvalue weighted by molar-refractivity contribution is 6.11. The molecule has 7 aromatic rings. The summed E-state index contributed by atoms with van der Waals surface area (Å²) in [4.78, 5) is 2.44. The third kappa shape index (κ3) is 3.82. The summed E-state index contributed by atoms with van der Waals surface area (Å²) >= 11 is 0. The van der Waals surface area contributed by atoms with E-state index in [4.69, 9.17) is 4.74 Å². The maximum absolute atomic E-state index is 6.69. The molecule has 0 atom stereocenters. The van der Waals surface area contributed by atoms with Crippen LogP contribution in [0.3, 0.4) is 0 Å². The maximum Gasteiger partial charge on any atom is 0.136 e. The van der Waals surface area contributed by atoms with Crippen molar-refractivity contribution >= 4 is 27.8 Å². The van der Waals surface area contributed by atoms with Gasteiger partial charge in [0, 0.05) is 33.0 Å². The Morgan fingerprint density at radius 3 is 2.04 bits per heavy atom. The highest BCUT2D eigenvalue weighted by atomic mass is 16.5. The highest BCUT2D eigenvalue weighted by Gasteiger charge is 2.38. The molecule has 0 bridgehead atoms. The van der Waals surface area contributed by atoms with Gasteiger partial charge in [-0.25, -0.2) is 0 Å². The van der Waals surface area contributed by atoms with Crippen LogP contribution in [0.5, 0.6) is 11.5 Å². The molecule has 214 valence electrons. The monoisotopic (exact) mass is 577 g/mol. The zero-order chi connectivity index (χ0) is 30.1. The van der Waals surface area contributed by atoms with Crippen molar-refractivity contribution in [3.63, 3.8) is 0 Å². The number of rotatable bonds is 4. The zero-order valence-corrected chi connectivity index (χ0v) is 25.3. The van der Waals surface area contributed by atoms with E-state index in [1.807, 2.05) is 0 Å². The minimum atomic E-state index is -0.0830. The average Bonchev–Trinajstić information content (AvgIpc) is 3.33. The Morgan fingerprint density at radius 1 is 0.489 bits per heavy atom. The van der Waals surface area contributed by atoms with Crippen LogP contribution in [0.1, 0.15) is 25.0 Å². The van der Waals surface area contributed by atoms with Gasteiger partial charge in [0.1, 0.15) is 11.5 Å². The second-order valence-corrected chi connectivity index (χ2v) is 12.5. The molecule has 0 N–H and O–H groups in total. The molecule has 0 saturated heterocycles. The number of nitrogens with zero attached hydrogens (tertiary/aromatic N) is 1. The molecule has 9 rings (SSSR count). The quantitative estimate of drug-likeness (QED) is 0.206. The number of benzene rings is 7. The first-order chi connectivity index (χ1) is 22.1. The lowest BCUT2D eigenvalue weighted by Crippen LogP contribution is -2.16. The molecule has 0 aromatic heterocycles. The van der Waals surface area contributed by atoms with Gasteiger partial charge >= 0.3 is 0 Å². The summed E-state index contributed by atoms with van der Waals surface area (Å²) in [6.45, 7) is 4.68. The van der Waals surface area contributed by atoms with Crippen LogP contribution in [0.2, 0.25) is 0 Å². The number of para-hydroxylation sites is 1. The molecule has 0 unspecified atom stereocenters. The average molecular weight is 578 g/mol. The molecule has 0 spiro atoms. The zero-order valence-electron chi connectivity index (χ0n) is 25.3. The summed E-state index contributed by atoms with van der Waals surface area (Å²) in [6, 6.07) is 54.5. The molecule has 2 nitrogen and oxygen atoms in total. The van der Waals surface area contributed by atoms with Crippen LogP contribution in [-0.2, 0) is 5.41 Å². The fraction of sp³-hybridized carbons (Fsp3) is 0.0698. The Kier molecular flexibility index (Phi) is 5.58. The van der Waals surface area contributed by atoms with E-state index in [1.54, 1.807) is 0 Å². The molecule has 0 saturated carbocycles. The van der Waals surface area contributed by atoms with Gasteiger partial charge in [0.2, 0.25) is 0 Å². The van der Waals surface area contributed by atoms with Gasteiger partial charge in [-0.05, 0) is 75.8 Å². The van der Waals surface area contributed by atoms with Crippen LogP contribution in [0.4, 0.5) is 17.1 Å². The Morgan fingerprint density at radius 2 is 1.20 bits per heavy atom. The number of anilines is 3. The van der Waals surface area contributed by atoms with Crippen molar-refractivity contribution in [2.75, 3.05) is 4.90 Å². The third-order valence-corrected chi connectivity index (χ3v) is 9.66. The SMILES string of the molecule is CC1(C)c2ccccc2-c2c(N(c3ccccc3)c3ccc4c5c(cccc35)-c3ccc(-c5ccccc5)cc3O4)cccc21. The van der Waals surface area contributed by atoms with Crippen LogP contribution in [0.15, 0.2) is 152 Å². The van der Waals surface area contributed by atoms with E-state index < -0.39 is 0 Å². The predicted molar refractivity (Wildman–Crippen MR) is 187 cm³/mol. The number of fused-ring (bicyclic) bond motifs is 5. The van der Waals surface area contributed by atoms with Gasteiger partial charge < -0.3 is 9.64 Å². The Hall–Kier alpha value is -5.60. The second kappa shape index (κ2) is 9.70. The van der Waals surface area contributed by atoms with E-state index in [-0.39, 0.29) is 5.41 Å². The number of hydrogen-bond donors (Lipinski definition) is 0. The van der Waals surface area contributed by atoms with Crippen LogP contribution >= 0.6 is 0 Å². The van der Waals surface area contributed by atoms with Gasteiger partial charge in [-0.3, -0.25) is 0 Å². The van der Waals surface area contributed by atoms with Crippen LogP contribution in [0, 0.1) is 0 Å². The van der Waals surface area contributed by atoms with E-state index in [9.17, 15) is 0 Å². The van der Waals surface area contributed by atoms with Crippen molar-refractivity contribution < 1.29 is 4.74 Å². The van der Waals surface area contributed by atoms with Crippen molar-refractivity contribution in [2.45, 2.75) is 19.3 Å². The first-order valence-corrected chi connectivity index (χ1v) is 15.6. The smallest absolute Gasteiger partial charge is 0.136 e. The van der Waals surface area contributed by atoms with Gasteiger partial charge in [-0.1, -0.05) is 123 Å². The summed E-state index contributed by atoms with van der Waals surface area (Å²) in [5.41, 5.74) is 13.3. The van der Waals surface area contributed by atoms with Crippen LogP contribution < -0.4 is 9.64 Å². The van der Waals surface area contributed by atoms with Crippen LogP contribution in [0.25, 0.3) is 44.2 Å². The fourth-order valence-corrected chi connectivity index (χ4v) is 7.53. The predicted octanol–water partition coefficient (Wildman–Crippen LogP) is 12.1. The van der Waals surface area contributed by atoms with Gasteiger partial charge in [-0.15, -0.1) is 0 Å². The standard InChI is InChI=1S/C43H31NO/c1-43(2)35-20-10-9-17-33(35)42-36(43)21-12-22-38(42)44(30-15-7-4-8-16-30)37-25-26-39-41-32(18-11-19-34(37)41)31-24-23-29(27-40(31)45-39)28-13-5-3-6-14-28/h3-27H,1-2H3. The Bertz CT molecular complexity index is 2270. The molecule has 0 radical (unpaired) electrons. The Balaban J connectivity index is 1.28. The van der Waals surface area contributed by atoms with E-state index in [1.165, 1.54) is 39.1 Å². The normalized spacial score (nSPS) is 13.5. The summed E-state index contributed by atoms with van der Waals surface area (Å²) in [6.07, 6.45) is 0. The van der Waals surface area contributed by atoms with Gasteiger partial charge in [0.25, 0.3) is 0 Å². The largest absolute Gasteiger partial charge is 0.456 e. The molecule has 1 heterocycles. The van der Waals surface area contributed by atoms with Crippen molar-refractivity contribution in [3.05, 3.63) is 163 Å². The molecule has 1 aliphatic carbocycles. The summed E-state index contributed by atoms with van der Waals surface area (Å²) in [5, 5.41) is 2.30. The van der Waals surface area contributed by atoms with Crippen molar-refractivity contribution in [1.29, 1.82) is 0 Å². The summed E-state index contributed by atoms with van der Waals surface area (Å²) in [5.74, 6) is 1.78. The lowest BCUT2D eigenvalue weighted by molar-refractivity contribution is 0.487. The number of hydrogen-bond acceptors (Lipinski definition) is 2. The molecule has 7 aromatic carbocycles. The first kappa shape index (κ1) is 25.9.